The van der Waals surface area contributed by atoms with Gasteiger partial charge in [0.25, 0.3) is 5.89 Å². The molecule has 1 fully saturated rings. The molecule has 1 aromatic heterocycles. The summed E-state index contributed by atoms with van der Waals surface area (Å²) in [6.07, 6.45) is 4.18. The largest absolute Gasteiger partial charge is 0.372 e. The highest BCUT2D eigenvalue weighted by atomic mass is 16.5. The second kappa shape index (κ2) is 4.28. The number of nitrogens with two attached hydrogens (primary N) is 1. The Kier molecular flexibility index (Phi) is 3.02. The minimum absolute atomic E-state index is 0.367. The van der Waals surface area contributed by atoms with Gasteiger partial charge in [0.1, 0.15) is 6.61 Å². The van der Waals surface area contributed by atoms with Crippen molar-refractivity contribution in [1.82, 2.24) is 10.1 Å². The molecule has 0 spiro atoms. The van der Waals surface area contributed by atoms with Gasteiger partial charge in [-0.15, -0.1) is 0 Å². The third kappa shape index (κ3) is 2.18. The molecule has 0 radical (unpaired) electrons. The van der Waals surface area contributed by atoms with Crippen LogP contribution in [-0.4, -0.2) is 16.7 Å². The van der Waals surface area contributed by atoms with Crippen molar-refractivity contribution < 1.29 is 9.26 Å². The Bertz CT molecular complexity index is 318. The van der Waals surface area contributed by atoms with Crippen molar-refractivity contribution in [2.24, 2.45) is 5.73 Å². The van der Waals surface area contributed by atoms with E-state index in [9.17, 15) is 0 Å². The van der Waals surface area contributed by atoms with Crippen molar-refractivity contribution in [3.63, 3.8) is 0 Å². The van der Waals surface area contributed by atoms with Crippen molar-refractivity contribution in [1.29, 1.82) is 0 Å². The maximum Gasteiger partial charge on any atom is 0.252 e. The standard InChI is InChI=1S/C10H17N3O2/c1-2-14-7-8-12-9(13-15-8)10(11)5-3-4-6-10/h2-7,11H2,1H3. The molecule has 0 bridgehead atoms. The summed E-state index contributed by atoms with van der Waals surface area (Å²) in [5, 5.41) is 3.93. The lowest BCUT2D eigenvalue weighted by Crippen LogP contribution is -2.34. The molecule has 5 heteroatoms. The van der Waals surface area contributed by atoms with E-state index in [1.54, 1.807) is 0 Å². The van der Waals surface area contributed by atoms with Crippen molar-refractivity contribution in [3.05, 3.63) is 11.7 Å². The van der Waals surface area contributed by atoms with Gasteiger partial charge in [-0.3, -0.25) is 0 Å². The van der Waals surface area contributed by atoms with Gasteiger partial charge < -0.3 is 15.0 Å². The molecule has 0 amide bonds. The first-order valence-electron chi connectivity index (χ1n) is 5.44. The van der Waals surface area contributed by atoms with Crippen LogP contribution >= 0.6 is 0 Å². The molecule has 15 heavy (non-hydrogen) atoms. The summed E-state index contributed by atoms with van der Waals surface area (Å²) < 4.78 is 10.3. The van der Waals surface area contributed by atoms with Gasteiger partial charge in [0.05, 0.1) is 5.54 Å². The monoisotopic (exact) mass is 211 g/mol. The Morgan fingerprint density at radius 1 is 1.47 bits per heavy atom. The van der Waals surface area contributed by atoms with E-state index in [0.29, 0.717) is 24.9 Å². The van der Waals surface area contributed by atoms with E-state index in [1.807, 2.05) is 6.92 Å². The fourth-order valence-electron chi connectivity index (χ4n) is 1.93. The Balaban J connectivity index is 2.05. The van der Waals surface area contributed by atoms with Crippen LogP contribution in [0.2, 0.25) is 0 Å². The molecular formula is C10H17N3O2. The molecule has 1 saturated carbocycles. The highest BCUT2D eigenvalue weighted by molar-refractivity contribution is 5.06. The number of hydrogen-bond donors (Lipinski definition) is 1. The minimum atomic E-state index is -0.367. The van der Waals surface area contributed by atoms with Gasteiger partial charge in [-0.25, -0.2) is 0 Å². The van der Waals surface area contributed by atoms with E-state index in [2.05, 4.69) is 10.1 Å². The Hall–Kier alpha value is -0.940. The second-order valence-electron chi connectivity index (χ2n) is 4.01. The molecule has 0 atom stereocenters. The third-order valence-corrected chi connectivity index (χ3v) is 2.84. The maximum absolute atomic E-state index is 6.20. The summed E-state index contributed by atoms with van der Waals surface area (Å²) >= 11 is 0. The first-order valence-corrected chi connectivity index (χ1v) is 5.44. The third-order valence-electron chi connectivity index (χ3n) is 2.84. The molecule has 0 aliphatic heterocycles. The molecule has 84 valence electrons. The predicted molar refractivity (Wildman–Crippen MR) is 54.0 cm³/mol. The topological polar surface area (TPSA) is 74.2 Å². The fourth-order valence-corrected chi connectivity index (χ4v) is 1.93. The molecule has 1 aliphatic carbocycles. The van der Waals surface area contributed by atoms with Crippen molar-refractivity contribution in [3.8, 4) is 0 Å². The van der Waals surface area contributed by atoms with E-state index in [4.69, 9.17) is 15.0 Å². The molecular weight excluding hydrogens is 194 g/mol. The predicted octanol–water partition coefficient (Wildman–Crippen LogP) is 1.33. The van der Waals surface area contributed by atoms with Gasteiger partial charge >= 0.3 is 0 Å². The van der Waals surface area contributed by atoms with Crippen molar-refractivity contribution >= 4 is 0 Å². The van der Waals surface area contributed by atoms with Crippen LogP contribution in [0.1, 0.15) is 44.3 Å². The summed E-state index contributed by atoms with van der Waals surface area (Å²) in [5.41, 5.74) is 5.83. The number of hydrogen-bond acceptors (Lipinski definition) is 5. The summed E-state index contributed by atoms with van der Waals surface area (Å²) in [6.45, 7) is 2.95. The van der Waals surface area contributed by atoms with Gasteiger partial charge in [0.2, 0.25) is 0 Å². The molecule has 2 rings (SSSR count). The average Bonchev–Trinajstić information content (AvgIpc) is 2.84. The summed E-state index contributed by atoms with van der Waals surface area (Å²) in [4.78, 5) is 4.27. The molecule has 5 nitrogen and oxygen atoms in total. The lowest BCUT2D eigenvalue weighted by atomic mass is 9.99. The van der Waals surface area contributed by atoms with E-state index in [-0.39, 0.29) is 5.54 Å². The highest BCUT2D eigenvalue weighted by Gasteiger charge is 2.35. The van der Waals surface area contributed by atoms with Gasteiger partial charge in [-0.05, 0) is 19.8 Å². The van der Waals surface area contributed by atoms with E-state index < -0.39 is 0 Å². The smallest absolute Gasteiger partial charge is 0.252 e. The minimum Gasteiger partial charge on any atom is -0.372 e. The zero-order valence-electron chi connectivity index (χ0n) is 9.03. The fraction of sp³-hybridized carbons (Fsp3) is 0.800. The Labute approximate surface area is 89.0 Å². The lowest BCUT2D eigenvalue weighted by Gasteiger charge is -2.17. The first kappa shape index (κ1) is 10.6. The van der Waals surface area contributed by atoms with Gasteiger partial charge in [0.15, 0.2) is 5.82 Å². The summed E-state index contributed by atoms with van der Waals surface area (Å²) in [5.74, 6) is 1.15. The normalized spacial score (nSPS) is 19.6. The zero-order chi connectivity index (χ0) is 10.7. The van der Waals surface area contributed by atoms with Crippen LogP contribution in [0.25, 0.3) is 0 Å². The average molecular weight is 211 g/mol. The molecule has 0 unspecified atom stereocenters. The first-order chi connectivity index (χ1) is 7.24. The van der Waals surface area contributed by atoms with Gasteiger partial charge in [-0.1, -0.05) is 18.0 Å². The Morgan fingerprint density at radius 2 is 2.20 bits per heavy atom. The SMILES string of the molecule is CCOCc1nc(C2(N)CCCC2)no1. The highest BCUT2D eigenvalue weighted by Crippen LogP contribution is 2.34. The van der Waals surface area contributed by atoms with Crippen LogP contribution in [0, 0.1) is 0 Å². The van der Waals surface area contributed by atoms with Crippen LogP contribution in [0.5, 0.6) is 0 Å². The van der Waals surface area contributed by atoms with Crippen LogP contribution < -0.4 is 5.73 Å². The maximum atomic E-state index is 6.20. The van der Waals surface area contributed by atoms with Crippen molar-refractivity contribution in [2.75, 3.05) is 6.61 Å². The van der Waals surface area contributed by atoms with Crippen LogP contribution in [0.3, 0.4) is 0 Å². The Morgan fingerprint density at radius 3 is 2.87 bits per heavy atom. The molecule has 1 aromatic rings. The number of aromatic nitrogens is 2. The molecule has 2 N–H and O–H groups in total. The zero-order valence-corrected chi connectivity index (χ0v) is 9.03. The second-order valence-corrected chi connectivity index (χ2v) is 4.01. The summed E-state index contributed by atoms with van der Waals surface area (Å²) in [7, 11) is 0. The number of ether oxygens (including phenoxy) is 1. The van der Waals surface area contributed by atoms with E-state index in [0.717, 1.165) is 25.7 Å². The van der Waals surface area contributed by atoms with Crippen LogP contribution in [0.15, 0.2) is 4.52 Å². The lowest BCUT2D eigenvalue weighted by molar-refractivity contribution is 0.109. The number of rotatable bonds is 4. The summed E-state index contributed by atoms with van der Waals surface area (Å²) in [6, 6.07) is 0. The van der Waals surface area contributed by atoms with Crippen molar-refractivity contribution in [2.45, 2.75) is 44.8 Å². The number of nitrogens with zero attached hydrogens (tertiary/aromatic N) is 2. The quantitative estimate of drug-likeness (QED) is 0.813. The van der Waals surface area contributed by atoms with Gasteiger partial charge in [-0.2, -0.15) is 4.98 Å². The molecule has 0 aromatic carbocycles. The molecule has 0 saturated heterocycles. The van der Waals surface area contributed by atoms with Crippen LogP contribution in [0.4, 0.5) is 0 Å². The van der Waals surface area contributed by atoms with Crippen LogP contribution in [-0.2, 0) is 16.9 Å². The molecule has 1 aliphatic rings. The van der Waals surface area contributed by atoms with E-state index >= 15 is 0 Å². The van der Waals surface area contributed by atoms with Gasteiger partial charge in [0, 0.05) is 6.61 Å². The van der Waals surface area contributed by atoms with E-state index in [1.165, 1.54) is 0 Å². The molecule has 1 heterocycles.